The standard InChI is InChI=1S/C9H13N3O/c1-6-10-11-9(13-6)12-4-2-3-7-5-8(7)12/h7-8H,2-5H2,1H3/t7-,8+/m1/s1. The zero-order chi connectivity index (χ0) is 8.84. The van der Waals surface area contributed by atoms with Crippen molar-refractivity contribution in [3.05, 3.63) is 5.89 Å². The minimum absolute atomic E-state index is 0.665. The van der Waals surface area contributed by atoms with Crippen LogP contribution in [0.4, 0.5) is 6.01 Å². The van der Waals surface area contributed by atoms with E-state index in [1.807, 2.05) is 6.92 Å². The smallest absolute Gasteiger partial charge is 0.318 e. The maximum atomic E-state index is 5.42. The number of hydrogen-bond acceptors (Lipinski definition) is 4. The van der Waals surface area contributed by atoms with Gasteiger partial charge >= 0.3 is 6.01 Å². The summed E-state index contributed by atoms with van der Waals surface area (Å²) in [5.41, 5.74) is 0. The van der Waals surface area contributed by atoms with Gasteiger partial charge in [-0.3, -0.25) is 0 Å². The summed E-state index contributed by atoms with van der Waals surface area (Å²) in [5.74, 6) is 1.57. The van der Waals surface area contributed by atoms with Crippen molar-refractivity contribution in [1.82, 2.24) is 10.2 Å². The van der Waals surface area contributed by atoms with Crippen LogP contribution in [0.25, 0.3) is 0 Å². The SMILES string of the molecule is Cc1nnc(N2CCC[C@@H]3C[C@@H]32)o1. The van der Waals surface area contributed by atoms with Crippen LogP contribution in [0.3, 0.4) is 0 Å². The maximum Gasteiger partial charge on any atom is 0.318 e. The molecule has 4 heteroatoms. The molecule has 0 bridgehead atoms. The molecule has 0 radical (unpaired) electrons. The van der Waals surface area contributed by atoms with Gasteiger partial charge in [-0.05, 0) is 25.2 Å². The first-order chi connectivity index (χ1) is 6.34. The number of piperidine rings is 1. The molecule has 1 aliphatic heterocycles. The quantitative estimate of drug-likeness (QED) is 0.653. The average molecular weight is 179 g/mol. The number of fused-ring (bicyclic) bond motifs is 1. The number of aryl methyl sites for hydroxylation is 1. The Balaban J connectivity index is 1.84. The Kier molecular flexibility index (Phi) is 1.39. The van der Waals surface area contributed by atoms with Gasteiger partial charge in [-0.1, -0.05) is 5.10 Å². The molecule has 1 aromatic rings. The van der Waals surface area contributed by atoms with Gasteiger partial charge in [0.15, 0.2) is 0 Å². The largest absolute Gasteiger partial charge is 0.408 e. The third kappa shape index (κ3) is 1.12. The van der Waals surface area contributed by atoms with Crippen molar-refractivity contribution in [2.24, 2.45) is 5.92 Å². The van der Waals surface area contributed by atoms with Gasteiger partial charge in [0.1, 0.15) is 0 Å². The molecule has 0 aromatic carbocycles. The van der Waals surface area contributed by atoms with Crippen LogP contribution in [-0.2, 0) is 0 Å². The highest BCUT2D eigenvalue weighted by Gasteiger charge is 2.45. The molecule has 2 fully saturated rings. The molecule has 1 aromatic heterocycles. The Hall–Kier alpha value is -1.06. The van der Waals surface area contributed by atoms with Crippen LogP contribution in [0.15, 0.2) is 4.42 Å². The molecule has 1 saturated carbocycles. The minimum atomic E-state index is 0.665. The Morgan fingerprint density at radius 2 is 2.38 bits per heavy atom. The number of rotatable bonds is 1. The van der Waals surface area contributed by atoms with Crippen molar-refractivity contribution >= 4 is 6.01 Å². The molecule has 0 amide bonds. The molecule has 13 heavy (non-hydrogen) atoms. The Morgan fingerprint density at radius 3 is 3.15 bits per heavy atom. The average Bonchev–Trinajstić information content (AvgIpc) is 2.81. The zero-order valence-electron chi connectivity index (χ0n) is 7.73. The predicted octanol–water partition coefficient (Wildman–Crippen LogP) is 1.37. The van der Waals surface area contributed by atoms with Crippen molar-refractivity contribution in [2.45, 2.75) is 32.2 Å². The minimum Gasteiger partial charge on any atom is -0.408 e. The molecular weight excluding hydrogens is 166 g/mol. The molecule has 2 aliphatic rings. The summed E-state index contributed by atoms with van der Waals surface area (Å²) in [7, 11) is 0. The fourth-order valence-electron chi connectivity index (χ4n) is 2.25. The van der Waals surface area contributed by atoms with Gasteiger partial charge in [-0.2, -0.15) is 0 Å². The van der Waals surface area contributed by atoms with Crippen molar-refractivity contribution in [2.75, 3.05) is 11.4 Å². The molecule has 0 spiro atoms. The number of hydrogen-bond donors (Lipinski definition) is 0. The fraction of sp³-hybridized carbons (Fsp3) is 0.778. The van der Waals surface area contributed by atoms with Gasteiger partial charge in [-0.25, -0.2) is 0 Å². The van der Waals surface area contributed by atoms with Gasteiger partial charge in [0.05, 0.1) is 0 Å². The van der Waals surface area contributed by atoms with Crippen LogP contribution >= 0.6 is 0 Å². The first kappa shape index (κ1) is 7.35. The fourth-order valence-corrected chi connectivity index (χ4v) is 2.25. The summed E-state index contributed by atoms with van der Waals surface area (Å²) in [6, 6.07) is 1.43. The lowest BCUT2D eigenvalue weighted by Crippen LogP contribution is -2.31. The lowest BCUT2D eigenvalue weighted by atomic mass is 10.1. The van der Waals surface area contributed by atoms with E-state index in [0.29, 0.717) is 11.9 Å². The van der Waals surface area contributed by atoms with E-state index in [9.17, 15) is 0 Å². The molecular formula is C9H13N3O. The summed E-state index contributed by atoms with van der Waals surface area (Å²) in [6.45, 7) is 2.92. The highest BCUT2D eigenvalue weighted by Crippen LogP contribution is 2.44. The molecule has 2 heterocycles. The normalized spacial score (nSPS) is 31.6. The lowest BCUT2D eigenvalue weighted by Gasteiger charge is -2.23. The second kappa shape index (κ2) is 2.47. The van der Waals surface area contributed by atoms with Crippen molar-refractivity contribution in [1.29, 1.82) is 0 Å². The zero-order valence-corrected chi connectivity index (χ0v) is 7.73. The second-order valence-corrected chi connectivity index (χ2v) is 4.00. The van der Waals surface area contributed by atoms with Gasteiger partial charge in [0.25, 0.3) is 0 Å². The lowest BCUT2D eigenvalue weighted by molar-refractivity contribution is 0.469. The first-order valence-corrected chi connectivity index (χ1v) is 4.91. The van der Waals surface area contributed by atoms with Crippen LogP contribution in [0.5, 0.6) is 0 Å². The van der Waals surface area contributed by atoms with Crippen LogP contribution in [0.1, 0.15) is 25.2 Å². The third-order valence-electron chi connectivity index (χ3n) is 3.02. The molecule has 3 rings (SSSR count). The van der Waals surface area contributed by atoms with Crippen LogP contribution in [0.2, 0.25) is 0 Å². The predicted molar refractivity (Wildman–Crippen MR) is 47.5 cm³/mol. The molecule has 70 valence electrons. The summed E-state index contributed by atoms with van der Waals surface area (Å²) in [5, 5.41) is 7.91. The van der Waals surface area contributed by atoms with Gasteiger partial charge < -0.3 is 9.32 Å². The molecule has 2 atom stereocenters. The van der Waals surface area contributed by atoms with E-state index in [0.717, 1.165) is 18.5 Å². The van der Waals surface area contributed by atoms with Crippen LogP contribution in [-0.4, -0.2) is 22.8 Å². The van der Waals surface area contributed by atoms with Gasteiger partial charge in [0.2, 0.25) is 5.89 Å². The first-order valence-electron chi connectivity index (χ1n) is 4.91. The number of anilines is 1. The van der Waals surface area contributed by atoms with E-state index in [1.165, 1.54) is 19.3 Å². The topological polar surface area (TPSA) is 42.2 Å². The van der Waals surface area contributed by atoms with E-state index in [4.69, 9.17) is 4.42 Å². The van der Waals surface area contributed by atoms with Crippen molar-refractivity contribution < 1.29 is 4.42 Å². The highest BCUT2D eigenvalue weighted by atomic mass is 16.4. The molecule has 4 nitrogen and oxygen atoms in total. The van der Waals surface area contributed by atoms with Crippen LogP contribution < -0.4 is 4.90 Å². The van der Waals surface area contributed by atoms with Crippen molar-refractivity contribution in [3.63, 3.8) is 0 Å². The van der Waals surface area contributed by atoms with E-state index in [2.05, 4.69) is 15.1 Å². The molecule has 0 unspecified atom stereocenters. The van der Waals surface area contributed by atoms with E-state index in [1.54, 1.807) is 0 Å². The summed E-state index contributed by atoms with van der Waals surface area (Å²) in [6.07, 6.45) is 3.97. The highest BCUT2D eigenvalue weighted by molar-refractivity contribution is 5.32. The second-order valence-electron chi connectivity index (χ2n) is 4.00. The summed E-state index contributed by atoms with van der Waals surface area (Å²) in [4.78, 5) is 2.27. The number of nitrogens with zero attached hydrogens (tertiary/aromatic N) is 3. The van der Waals surface area contributed by atoms with Crippen molar-refractivity contribution in [3.8, 4) is 0 Å². The molecule has 1 saturated heterocycles. The van der Waals surface area contributed by atoms with Gasteiger partial charge in [-0.15, -0.1) is 5.10 Å². The third-order valence-corrected chi connectivity index (χ3v) is 3.02. The molecule has 0 N–H and O–H groups in total. The van der Waals surface area contributed by atoms with E-state index >= 15 is 0 Å². The monoisotopic (exact) mass is 179 g/mol. The Morgan fingerprint density at radius 1 is 1.46 bits per heavy atom. The number of aromatic nitrogens is 2. The Bertz CT molecular complexity index is 322. The van der Waals surface area contributed by atoms with E-state index in [-0.39, 0.29) is 0 Å². The summed E-state index contributed by atoms with van der Waals surface area (Å²) < 4.78 is 5.42. The van der Waals surface area contributed by atoms with Gasteiger partial charge in [0, 0.05) is 19.5 Å². The maximum absolute atomic E-state index is 5.42. The summed E-state index contributed by atoms with van der Waals surface area (Å²) >= 11 is 0. The molecule has 1 aliphatic carbocycles. The van der Waals surface area contributed by atoms with E-state index < -0.39 is 0 Å². The Labute approximate surface area is 76.9 Å². The van der Waals surface area contributed by atoms with Crippen LogP contribution in [0, 0.1) is 12.8 Å².